The predicted molar refractivity (Wildman–Crippen MR) is 113 cm³/mol. The van der Waals surface area contributed by atoms with Crippen molar-refractivity contribution in [1.82, 2.24) is 0 Å². The van der Waals surface area contributed by atoms with Crippen molar-refractivity contribution in [3.63, 3.8) is 0 Å². The van der Waals surface area contributed by atoms with Gasteiger partial charge in [0.15, 0.2) is 11.5 Å². The Morgan fingerprint density at radius 3 is 1.86 bits per heavy atom. The number of Topliss-reactive ketones (excluding diaryl/α,β-unsaturated/α-hetero) is 1. The summed E-state index contributed by atoms with van der Waals surface area (Å²) in [5, 5.41) is 8.89. The van der Waals surface area contributed by atoms with E-state index in [9.17, 15) is 4.79 Å². The third-order valence-corrected chi connectivity index (χ3v) is 4.57. The molecule has 0 saturated carbocycles. The summed E-state index contributed by atoms with van der Waals surface area (Å²) >= 11 is 0. The molecule has 0 spiro atoms. The first-order valence-corrected chi connectivity index (χ1v) is 9.83. The first kappa shape index (κ1) is 20.6. The van der Waals surface area contributed by atoms with Crippen LogP contribution in [0.4, 0.5) is 0 Å². The quantitative estimate of drug-likeness (QED) is 0.514. The van der Waals surface area contributed by atoms with Gasteiger partial charge in [0.05, 0.1) is 0 Å². The number of aryl methyl sites for hydroxylation is 1. The summed E-state index contributed by atoms with van der Waals surface area (Å²) < 4.78 is 12.1. The Bertz CT molecular complexity index is 891. The van der Waals surface area contributed by atoms with Gasteiger partial charge in [-0.3, -0.25) is 4.79 Å². The highest BCUT2D eigenvalue weighted by molar-refractivity contribution is 5.78. The number of hydrogen-bond donors (Lipinski definition) is 1. The Hall–Kier alpha value is -3.11. The van der Waals surface area contributed by atoms with Gasteiger partial charge in [0.1, 0.15) is 19.0 Å². The molecule has 0 heterocycles. The maximum absolute atomic E-state index is 11.7. The highest BCUT2D eigenvalue weighted by Gasteiger charge is 2.10. The van der Waals surface area contributed by atoms with E-state index in [0.717, 1.165) is 16.7 Å². The Morgan fingerprint density at radius 1 is 0.690 bits per heavy atom. The summed E-state index contributed by atoms with van der Waals surface area (Å²) in [5.74, 6) is 1.40. The van der Waals surface area contributed by atoms with E-state index >= 15 is 0 Å². The van der Waals surface area contributed by atoms with Crippen LogP contribution in [-0.4, -0.2) is 17.5 Å². The molecule has 1 N–H and O–H groups in total. The van der Waals surface area contributed by atoms with E-state index in [1.54, 1.807) is 0 Å². The van der Waals surface area contributed by atoms with E-state index in [2.05, 4.69) is 0 Å². The van der Waals surface area contributed by atoms with Crippen molar-refractivity contribution in [3.05, 3.63) is 95.6 Å². The molecule has 0 amide bonds. The zero-order chi connectivity index (χ0) is 20.3. The normalized spacial score (nSPS) is 10.5. The number of hydrogen-bond acceptors (Lipinski definition) is 4. The number of carbonyl (C=O) groups excluding carboxylic acids is 1. The average molecular weight is 390 g/mol. The number of ketones is 1. The number of ether oxygens (including phenoxy) is 2. The van der Waals surface area contributed by atoms with Crippen LogP contribution in [0.3, 0.4) is 0 Å². The summed E-state index contributed by atoms with van der Waals surface area (Å²) in [7, 11) is 0. The van der Waals surface area contributed by atoms with Crippen molar-refractivity contribution in [2.75, 3.05) is 6.61 Å². The van der Waals surface area contributed by atoms with Crippen LogP contribution in [0.25, 0.3) is 0 Å². The second kappa shape index (κ2) is 11.0. The van der Waals surface area contributed by atoms with Gasteiger partial charge in [0.2, 0.25) is 0 Å². The van der Waals surface area contributed by atoms with Crippen LogP contribution in [0.5, 0.6) is 11.5 Å². The molecule has 0 unspecified atom stereocenters. The molecule has 0 fully saturated rings. The second-order valence-electron chi connectivity index (χ2n) is 6.84. The molecule has 0 atom stereocenters. The second-order valence-corrected chi connectivity index (χ2v) is 6.84. The molecule has 0 radical (unpaired) electrons. The first-order chi connectivity index (χ1) is 14.2. The lowest BCUT2D eigenvalue weighted by molar-refractivity contribution is -0.119. The fourth-order valence-corrected chi connectivity index (χ4v) is 2.94. The SMILES string of the molecule is O=C(CCO)CCc1ccc(OCc2ccccc2)c(OCc2ccccc2)c1. The van der Waals surface area contributed by atoms with Gasteiger partial charge in [-0.25, -0.2) is 0 Å². The summed E-state index contributed by atoms with van der Waals surface area (Å²) in [6.07, 6.45) is 1.22. The molecule has 150 valence electrons. The van der Waals surface area contributed by atoms with Gasteiger partial charge in [-0.15, -0.1) is 0 Å². The third kappa shape index (κ3) is 6.77. The van der Waals surface area contributed by atoms with E-state index in [-0.39, 0.29) is 18.8 Å². The Labute approximate surface area is 171 Å². The van der Waals surface area contributed by atoms with Gasteiger partial charge >= 0.3 is 0 Å². The molecule has 0 aromatic heterocycles. The van der Waals surface area contributed by atoms with Crippen LogP contribution >= 0.6 is 0 Å². The Kier molecular flexibility index (Phi) is 7.84. The van der Waals surface area contributed by atoms with Crippen LogP contribution in [0, 0.1) is 0 Å². The molecule has 0 aliphatic heterocycles. The third-order valence-electron chi connectivity index (χ3n) is 4.57. The van der Waals surface area contributed by atoms with Gasteiger partial charge in [0.25, 0.3) is 0 Å². The zero-order valence-electron chi connectivity index (χ0n) is 16.4. The van der Waals surface area contributed by atoms with Gasteiger partial charge in [-0.2, -0.15) is 0 Å². The molecule has 3 aromatic rings. The number of aliphatic hydroxyl groups is 1. The van der Waals surface area contributed by atoms with E-state index in [0.29, 0.717) is 37.6 Å². The minimum Gasteiger partial charge on any atom is -0.485 e. The lowest BCUT2D eigenvalue weighted by atomic mass is 10.1. The summed E-state index contributed by atoms with van der Waals surface area (Å²) in [5.41, 5.74) is 3.16. The smallest absolute Gasteiger partial charge is 0.161 e. The highest BCUT2D eigenvalue weighted by atomic mass is 16.5. The van der Waals surface area contributed by atoms with Crippen LogP contribution in [0.2, 0.25) is 0 Å². The molecular formula is C25H26O4. The van der Waals surface area contributed by atoms with Crippen LogP contribution in [0.1, 0.15) is 29.5 Å². The maximum atomic E-state index is 11.7. The van der Waals surface area contributed by atoms with Crippen molar-refractivity contribution in [3.8, 4) is 11.5 Å². The van der Waals surface area contributed by atoms with Gasteiger partial charge < -0.3 is 14.6 Å². The molecule has 4 heteroatoms. The lowest BCUT2D eigenvalue weighted by Gasteiger charge is -2.15. The number of aliphatic hydroxyl groups excluding tert-OH is 1. The first-order valence-electron chi connectivity index (χ1n) is 9.83. The van der Waals surface area contributed by atoms with Gasteiger partial charge in [-0.05, 0) is 35.2 Å². The Balaban J connectivity index is 1.71. The van der Waals surface area contributed by atoms with Gasteiger partial charge in [-0.1, -0.05) is 66.7 Å². The molecule has 3 rings (SSSR count). The molecule has 0 saturated heterocycles. The predicted octanol–water partition coefficient (Wildman–Crippen LogP) is 4.73. The van der Waals surface area contributed by atoms with Crippen molar-refractivity contribution in [1.29, 1.82) is 0 Å². The minimum absolute atomic E-state index is 0.0589. The summed E-state index contributed by atoms with van der Waals surface area (Å²) in [6.45, 7) is 0.794. The molecular weight excluding hydrogens is 364 g/mol. The zero-order valence-corrected chi connectivity index (χ0v) is 16.4. The Morgan fingerprint density at radius 2 is 1.28 bits per heavy atom. The van der Waals surface area contributed by atoms with Crippen LogP contribution < -0.4 is 9.47 Å². The largest absolute Gasteiger partial charge is 0.485 e. The summed E-state index contributed by atoms with van der Waals surface area (Å²) in [6, 6.07) is 25.7. The lowest BCUT2D eigenvalue weighted by Crippen LogP contribution is -2.04. The van der Waals surface area contributed by atoms with Crippen LogP contribution in [-0.2, 0) is 24.4 Å². The molecule has 0 aliphatic carbocycles. The highest BCUT2D eigenvalue weighted by Crippen LogP contribution is 2.30. The van der Waals surface area contributed by atoms with Crippen LogP contribution in [0.15, 0.2) is 78.9 Å². The van der Waals surface area contributed by atoms with Crippen molar-refractivity contribution >= 4 is 5.78 Å². The average Bonchev–Trinajstić information content (AvgIpc) is 2.77. The monoisotopic (exact) mass is 390 g/mol. The van der Waals surface area contributed by atoms with E-state index in [1.165, 1.54) is 0 Å². The standard InChI is InChI=1S/C25H26O4/c26-16-15-23(27)13-11-20-12-14-24(28-18-21-7-3-1-4-8-21)25(17-20)29-19-22-9-5-2-6-10-22/h1-10,12,14,17,26H,11,13,15-16,18-19H2. The van der Waals surface area contributed by atoms with Crippen molar-refractivity contribution in [2.45, 2.75) is 32.5 Å². The van der Waals surface area contributed by atoms with E-state index in [1.807, 2.05) is 78.9 Å². The molecule has 0 bridgehead atoms. The molecule has 29 heavy (non-hydrogen) atoms. The summed E-state index contributed by atoms with van der Waals surface area (Å²) in [4.78, 5) is 11.7. The number of benzene rings is 3. The topological polar surface area (TPSA) is 55.8 Å². The molecule has 3 aromatic carbocycles. The fraction of sp³-hybridized carbons (Fsp3) is 0.240. The molecule has 4 nitrogen and oxygen atoms in total. The van der Waals surface area contributed by atoms with E-state index in [4.69, 9.17) is 14.6 Å². The van der Waals surface area contributed by atoms with Gasteiger partial charge in [0, 0.05) is 19.4 Å². The minimum atomic E-state index is -0.101. The molecule has 0 aliphatic rings. The van der Waals surface area contributed by atoms with Crippen molar-refractivity contribution in [2.24, 2.45) is 0 Å². The van der Waals surface area contributed by atoms with Crippen molar-refractivity contribution < 1.29 is 19.4 Å². The fourth-order valence-electron chi connectivity index (χ4n) is 2.94. The van der Waals surface area contributed by atoms with E-state index < -0.39 is 0 Å². The maximum Gasteiger partial charge on any atom is 0.161 e. The number of rotatable bonds is 11. The number of carbonyl (C=O) groups is 1.